The van der Waals surface area contributed by atoms with Gasteiger partial charge in [0.2, 0.25) is 5.16 Å². The number of hydrogen-bond donors (Lipinski definition) is 0. The molecule has 2 atom stereocenters. The molecule has 40 heavy (non-hydrogen) atoms. The molecule has 0 N–H and O–H groups in total. The third kappa shape index (κ3) is 7.27. The normalized spacial score (nSPS) is 16.1. The number of carbonyl (C=O) groups is 2. The van der Waals surface area contributed by atoms with Gasteiger partial charge in [-0.1, -0.05) is 12.1 Å². The van der Waals surface area contributed by atoms with Gasteiger partial charge < -0.3 is 23.8 Å². The van der Waals surface area contributed by atoms with Crippen LogP contribution >= 0.6 is 0 Å². The summed E-state index contributed by atoms with van der Waals surface area (Å²) in [6.45, 7) is 0.706. The predicted molar refractivity (Wildman–Crippen MR) is 135 cm³/mol. The Kier molecular flexibility index (Phi) is 9.25. The minimum absolute atomic E-state index is 0.00688. The molecule has 1 aromatic carbocycles. The van der Waals surface area contributed by atoms with Gasteiger partial charge in [-0.3, -0.25) is 9.19 Å². The van der Waals surface area contributed by atoms with E-state index in [2.05, 4.69) is 9.97 Å². The molecular formula is C25H27F3N4O7S. The zero-order valence-electron chi connectivity index (χ0n) is 21.7. The van der Waals surface area contributed by atoms with E-state index in [-0.39, 0.29) is 41.6 Å². The molecule has 2 aromatic heterocycles. The third-order valence-corrected chi connectivity index (χ3v) is 7.18. The second kappa shape index (κ2) is 12.6. The average molecular weight is 585 g/mol. The summed E-state index contributed by atoms with van der Waals surface area (Å²) in [5.41, 5.74) is 1.34. The molecule has 0 saturated carbocycles. The first-order valence-corrected chi connectivity index (χ1v) is 13.5. The molecule has 0 aliphatic carbocycles. The van der Waals surface area contributed by atoms with Gasteiger partial charge in [0.15, 0.2) is 6.61 Å². The number of alkyl halides is 3. The van der Waals surface area contributed by atoms with Crippen LogP contribution in [0, 0.1) is 6.92 Å². The van der Waals surface area contributed by atoms with Crippen molar-refractivity contribution in [3.63, 3.8) is 0 Å². The topological polar surface area (TPSA) is 122 Å². The average Bonchev–Trinajstić information content (AvgIpc) is 3.56. The number of nitrogens with zero attached hydrogens (tertiary/aromatic N) is 4. The van der Waals surface area contributed by atoms with Crippen LogP contribution in [0.25, 0.3) is 11.0 Å². The summed E-state index contributed by atoms with van der Waals surface area (Å²) < 4.78 is 72.7. The highest BCUT2D eigenvalue weighted by atomic mass is 32.2. The molecule has 11 nitrogen and oxygen atoms in total. The van der Waals surface area contributed by atoms with E-state index < -0.39 is 35.8 Å². The molecule has 1 aliphatic heterocycles. The van der Waals surface area contributed by atoms with Gasteiger partial charge >= 0.3 is 18.4 Å². The Hall–Kier alpha value is -3.72. The molecular weight excluding hydrogens is 557 g/mol. The standard InChI is InChI=1S/C25H27F3N4O7S/c1-16-19(29-9-7-21(16)38-15-25(26,27)28)14-40(35)22-30-18-5-3-4-6-20(18)32(22)23(33)31(2)10-12-37-24(34)39-17-8-11-36-13-17/h3-7,9,17H,8,10-15H2,1-2H3. The molecule has 15 heteroatoms. The molecule has 2 unspecified atom stereocenters. The first kappa shape index (κ1) is 29.3. The van der Waals surface area contributed by atoms with Crippen molar-refractivity contribution < 1.29 is 45.9 Å². The lowest BCUT2D eigenvalue weighted by Crippen LogP contribution is -2.35. The number of amides is 1. The quantitative estimate of drug-likeness (QED) is 0.346. The second-order valence-electron chi connectivity index (χ2n) is 8.90. The minimum atomic E-state index is -4.52. The summed E-state index contributed by atoms with van der Waals surface area (Å²) in [5, 5.41) is -0.0672. The molecule has 1 amide bonds. The number of likely N-dealkylation sites (N-methyl/N-ethyl adjacent to an activating group) is 1. The molecule has 3 aromatic rings. The molecule has 216 valence electrons. The second-order valence-corrected chi connectivity index (χ2v) is 10.2. The molecule has 1 fully saturated rings. The van der Waals surface area contributed by atoms with E-state index >= 15 is 0 Å². The van der Waals surface area contributed by atoms with Crippen LogP contribution in [0.5, 0.6) is 5.75 Å². The molecule has 0 radical (unpaired) electrons. The number of aromatic nitrogens is 3. The molecule has 1 saturated heterocycles. The number of hydrogen-bond acceptors (Lipinski definition) is 9. The molecule has 0 bridgehead atoms. The highest BCUT2D eigenvalue weighted by molar-refractivity contribution is 7.84. The van der Waals surface area contributed by atoms with Crippen LogP contribution in [-0.2, 0) is 30.8 Å². The van der Waals surface area contributed by atoms with Crippen molar-refractivity contribution in [1.82, 2.24) is 19.4 Å². The van der Waals surface area contributed by atoms with Gasteiger partial charge in [-0.2, -0.15) is 13.2 Å². The Bertz CT molecular complexity index is 1390. The molecule has 0 spiro atoms. The third-order valence-electron chi connectivity index (χ3n) is 5.97. The summed E-state index contributed by atoms with van der Waals surface area (Å²) in [4.78, 5) is 35.1. The van der Waals surface area contributed by atoms with E-state index in [1.807, 2.05) is 0 Å². The van der Waals surface area contributed by atoms with E-state index in [9.17, 15) is 27.0 Å². The first-order chi connectivity index (χ1) is 19.0. The van der Waals surface area contributed by atoms with Gasteiger partial charge in [0.1, 0.15) is 18.5 Å². The maximum Gasteiger partial charge on any atom is 0.508 e. The maximum absolute atomic E-state index is 13.5. The van der Waals surface area contributed by atoms with Crippen molar-refractivity contribution in [2.45, 2.75) is 36.5 Å². The number of fused-ring (bicyclic) bond motifs is 1. The van der Waals surface area contributed by atoms with Crippen molar-refractivity contribution in [3.8, 4) is 5.75 Å². The number of rotatable bonds is 9. The van der Waals surface area contributed by atoms with Crippen molar-refractivity contribution in [2.75, 3.05) is 40.0 Å². The first-order valence-electron chi connectivity index (χ1n) is 12.2. The summed E-state index contributed by atoms with van der Waals surface area (Å²) in [5.74, 6) is -0.266. The van der Waals surface area contributed by atoms with Crippen molar-refractivity contribution in [2.24, 2.45) is 0 Å². The number of benzene rings is 1. The highest BCUT2D eigenvalue weighted by Gasteiger charge is 2.29. The summed E-state index contributed by atoms with van der Waals surface area (Å²) in [6.07, 6.45) is -3.90. The van der Waals surface area contributed by atoms with Gasteiger partial charge in [0.25, 0.3) is 0 Å². The Balaban J connectivity index is 1.48. The SMILES string of the molecule is Cc1c(OCC(F)(F)F)ccnc1CS(=O)c1nc2ccccc2n1C(=O)N(C)CCOC(=O)OC1CCOC1. The minimum Gasteiger partial charge on any atom is -0.484 e. The number of pyridine rings is 1. The number of carbonyl (C=O) groups excluding carboxylic acids is 2. The Labute approximate surface area is 229 Å². The van der Waals surface area contributed by atoms with Crippen LogP contribution in [0.3, 0.4) is 0 Å². The van der Waals surface area contributed by atoms with Crippen LogP contribution in [0.1, 0.15) is 17.7 Å². The highest BCUT2D eigenvalue weighted by Crippen LogP contribution is 2.26. The largest absolute Gasteiger partial charge is 0.508 e. The monoisotopic (exact) mass is 584 g/mol. The summed E-state index contributed by atoms with van der Waals surface area (Å²) >= 11 is 0. The van der Waals surface area contributed by atoms with Gasteiger partial charge in [-0.25, -0.2) is 19.1 Å². The lowest BCUT2D eigenvalue weighted by molar-refractivity contribution is -0.153. The number of ether oxygens (including phenoxy) is 4. The lowest BCUT2D eigenvalue weighted by Gasteiger charge is -2.19. The Morgan fingerprint density at radius 3 is 2.75 bits per heavy atom. The van der Waals surface area contributed by atoms with Gasteiger partial charge in [-0.15, -0.1) is 0 Å². The van der Waals surface area contributed by atoms with E-state index in [0.717, 1.165) is 0 Å². The lowest BCUT2D eigenvalue weighted by atomic mass is 10.2. The molecule has 4 rings (SSSR count). The van der Waals surface area contributed by atoms with Crippen LogP contribution < -0.4 is 4.74 Å². The zero-order chi connectivity index (χ0) is 28.9. The fourth-order valence-electron chi connectivity index (χ4n) is 3.86. The van der Waals surface area contributed by atoms with Crippen LogP contribution in [0.15, 0.2) is 41.7 Å². The van der Waals surface area contributed by atoms with Crippen LogP contribution in [0.4, 0.5) is 22.8 Å². The van der Waals surface area contributed by atoms with Crippen LogP contribution in [0.2, 0.25) is 0 Å². The number of halogens is 3. The Morgan fingerprint density at radius 2 is 2.02 bits per heavy atom. The number of para-hydroxylation sites is 2. The van der Waals surface area contributed by atoms with Crippen molar-refractivity contribution >= 4 is 34.0 Å². The van der Waals surface area contributed by atoms with E-state index in [0.29, 0.717) is 36.2 Å². The van der Waals surface area contributed by atoms with Gasteiger partial charge in [-0.05, 0) is 25.1 Å². The van der Waals surface area contributed by atoms with Gasteiger partial charge in [0.05, 0.1) is 53.0 Å². The van der Waals surface area contributed by atoms with Crippen LogP contribution in [-0.4, -0.2) is 88.1 Å². The Morgan fingerprint density at radius 1 is 1.25 bits per heavy atom. The van der Waals surface area contributed by atoms with Crippen molar-refractivity contribution in [3.05, 3.63) is 47.8 Å². The fourth-order valence-corrected chi connectivity index (χ4v) is 5.11. The smallest absolute Gasteiger partial charge is 0.484 e. The zero-order valence-corrected chi connectivity index (χ0v) is 22.5. The molecule has 3 heterocycles. The van der Waals surface area contributed by atoms with Gasteiger partial charge in [0, 0.05) is 25.2 Å². The fraction of sp³-hybridized carbons (Fsp3) is 0.440. The summed E-state index contributed by atoms with van der Waals surface area (Å²) in [6, 6.07) is 7.41. The maximum atomic E-state index is 13.5. The van der Waals surface area contributed by atoms with E-state index in [1.54, 1.807) is 24.3 Å². The predicted octanol–water partition coefficient (Wildman–Crippen LogP) is 3.83. The van der Waals surface area contributed by atoms with Crippen molar-refractivity contribution in [1.29, 1.82) is 0 Å². The van der Waals surface area contributed by atoms with E-state index in [1.165, 1.54) is 35.7 Å². The molecule has 1 aliphatic rings. The summed E-state index contributed by atoms with van der Waals surface area (Å²) in [7, 11) is -0.442. The van der Waals surface area contributed by atoms with E-state index in [4.69, 9.17) is 18.9 Å². The number of imidazole rings is 1.